The molecular weight excluding hydrogens is 234 g/mol. The third-order valence-corrected chi connectivity index (χ3v) is 2.42. The Balaban J connectivity index is 2.84. The summed E-state index contributed by atoms with van der Waals surface area (Å²) in [6.45, 7) is 4.04. The number of nitrogens with two attached hydrogens (primary N) is 1. The maximum atomic E-state index is 11.5. The third-order valence-electron chi connectivity index (χ3n) is 2.42. The van der Waals surface area contributed by atoms with Gasteiger partial charge in [-0.1, -0.05) is 6.07 Å². The first-order chi connectivity index (χ1) is 8.62. The van der Waals surface area contributed by atoms with Crippen molar-refractivity contribution in [2.45, 2.75) is 26.5 Å². The van der Waals surface area contributed by atoms with Crippen LogP contribution in [-0.4, -0.2) is 25.8 Å². The number of hydrogen-bond donors (Lipinski definition) is 1. The van der Waals surface area contributed by atoms with Crippen LogP contribution in [0.5, 0.6) is 11.5 Å². The zero-order valence-electron chi connectivity index (χ0n) is 10.9. The summed E-state index contributed by atoms with van der Waals surface area (Å²) < 4.78 is 15.5. The molecule has 1 aromatic carbocycles. The van der Waals surface area contributed by atoms with E-state index in [-0.39, 0.29) is 0 Å². The van der Waals surface area contributed by atoms with Crippen molar-refractivity contribution in [2.75, 3.05) is 13.7 Å². The Kier molecular flexibility index (Phi) is 5.45. The van der Waals surface area contributed by atoms with Gasteiger partial charge < -0.3 is 19.9 Å². The van der Waals surface area contributed by atoms with Crippen LogP contribution in [0.1, 0.15) is 19.4 Å². The van der Waals surface area contributed by atoms with Gasteiger partial charge in [-0.2, -0.15) is 0 Å². The SMILES string of the molecule is CCOC(=O)C(C)Oc1cc(OC)ccc1CN. The van der Waals surface area contributed by atoms with E-state index in [1.165, 1.54) is 0 Å². The smallest absolute Gasteiger partial charge is 0.347 e. The molecule has 0 amide bonds. The average molecular weight is 253 g/mol. The van der Waals surface area contributed by atoms with Gasteiger partial charge in [-0.05, 0) is 19.9 Å². The second-order valence-electron chi connectivity index (χ2n) is 3.69. The highest BCUT2D eigenvalue weighted by Crippen LogP contribution is 2.25. The molecule has 18 heavy (non-hydrogen) atoms. The standard InChI is InChI=1S/C13H19NO4/c1-4-17-13(15)9(2)18-12-7-11(16-3)6-5-10(12)8-14/h5-7,9H,4,8,14H2,1-3H3. The van der Waals surface area contributed by atoms with Crippen LogP contribution in [-0.2, 0) is 16.1 Å². The molecular formula is C13H19NO4. The molecule has 0 aliphatic rings. The fourth-order valence-corrected chi connectivity index (χ4v) is 1.44. The van der Waals surface area contributed by atoms with Crippen molar-refractivity contribution >= 4 is 5.97 Å². The van der Waals surface area contributed by atoms with Crippen LogP contribution in [0.25, 0.3) is 0 Å². The minimum Gasteiger partial charge on any atom is -0.497 e. The molecule has 0 heterocycles. The Bertz CT molecular complexity index is 406. The molecule has 0 saturated heterocycles. The number of esters is 1. The molecule has 1 atom stereocenters. The van der Waals surface area contributed by atoms with Gasteiger partial charge in [0.15, 0.2) is 6.10 Å². The van der Waals surface area contributed by atoms with Crippen LogP contribution in [0.2, 0.25) is 0 Å². The number of ether oxygens (including phenoxy) is 3. The average Bonchev–Trinajstić information content (AvgIpc) is 2.38. The van der Waals surface area contributed by atoms with Crippen LogP contribution in [0.3, 0.4) is 0 Å². The molecule has 5 heteroatoms. The van der Waals surface area contributed by atoms with Crippen molar-refractivity contribution in [1.82, 2.24) is 0 Å². The van der Waals surface area contributed by atoms with E-state index in [0.29, 0.717) is 24.7 Å². The van der Waals surface area contributed by atoms with E-state index in [0.717, 1.165) is 5.56 Å². The molecule has 5 nitrogen and oxygen atoms in total. The summed E-state index contributed by atoms with van der Waals surface area (Å²) in [5, 5.41) is 0. The van der Waals surface area contributed by atoms with E-state index in [2.05, 4.69) is 0 Å². The largest absolute Gasteiger partial charge is 0.497 e. The Labute approximate surface area is 107 Å². The van der Waals surface area contributed by atoms with Gasteiger partial charge in [-0.3, -0.25) is 0 Å². The van der Waals surface area contributed by atoms with E-state index in [9.17, 15) is 4.79 Å². The number of hydrogen-bond acceptors (Lipinski definition) is 5. The lowest BCUT2D eigenvalue weighted by atomic mass is 10.2. The summed E-state index contributed by atoms with van der Waals surface area (Å²) in [7, 11) is 1.57. The van der Waals surface area contributed by atoms with E-state index in [1.807, 2.05) is 6.07 Å². The second-order valence-corrected chi connectivity index (χ2v) is 3.69. The van der Waals surface area contributed by atoms with Crippen LogP contribution >= 0.6 is 0 Å². The van der Waals surface area contributed by atoms with Gasteiger partial charge in [0.2, 0.25) is 0 Å². The fraction of sp³-hybridized carbons (Fsp3) is 0.462. The Morgan fingerprint density at radius 2 is 2.17 bits per heavy atom. The minimum atomic E-state index is -0.678. The Morgan fingerprint density at radius 1 is 1.44 bits per heavy atom. The highest BCUT2D eigenvalue weighted by atomic mass is 16.6. The van der Waals surface area contributed by atoms with Gasteiger partial charge in [-0.25, -0.2) is 4.79 Å². The molecule has 100 valence electrons. The van der Waals surface area contributed by atoms with Crippen LogP contribution in [0, 0.1) is 0 Å². The Morgan fingerprint density at radius 3 is 2.72 bits per heavy atom. The van der Waals surface area contributed by atoms with Crippen molar-refractivity contribution in [3.8, 4) is 11.5 Å². The molecule has 0 aliphatic heterocycles. The Hall–Kier alpha value is -1.75. The van der Waals surface area contributed by atoms with Crippen molar-refractivity contribution < 1.29 is 19.0 Å². The van der Waals surface area contributed by atoms with Crippen LogP contribution in [0.15, 0.2) is 18.2 Å². The molecule has 0 saturated carbocycles. The van der Waals surface area contributed by atoms with E-state index in [4.69, 9.17) is 19.9 Å². The minimum absolute atomic E-state index is 0.328. The van der Waals surface area contributed by atoms with Gasteiger partial charge in [-0.15, -0.1) is 0 Å². The first kappa shape index (κ1) is 14.3. The van der Waals surface area contributed by atoms with Gasteiger partial charge >= 0.3 is 5.97 Å². The molecule has 0 aliphatic carbocycles. The number of methoxy groups -OCH3 is 1. The van der Waals surface area contributed by atoms with Crippen molar-refractivity contribution in [3.05, 3.63) is 23.8 Å². The second kappa shape index (κ2) is 6.86. The molecule has 2 N–H and O–H groups in total. The normalized spacial score (nSPS) is 11.8. The number of carbonyl (C=O) groups excluding carboxylic acids is 1. The van der Waals surface area contributed by atoms with Gasteiger partial charge in [0.05, 0.1) is 13.7 Å². The first-order valence-electron chi connectivity index (χ1n) is 5.82. The molecule has 0 radical (unpaired) electrons. The highest BCUT2D eigenvalue weighted by molar-refractivity contribution is 5.74. The summed E-state index contributed by atoms with van der Waals surface area (Å²) in [6, 6.07) is 5.31. The predicted octanol–water partition coefficient (Wildman–Crippen LogP) is 1.48. The zero-order chi connectivity index (χ0) is 13.5. The maximum absolute atomic E-state index is 11.5. The lowest BCUT2D eigenvalue weighted by Gasteiger charge is -2.16. The van der Waals surface area contributed by atoms with Gasteiger partial charge in [0.25, 0.3) is 0 Å². The predicted molar refractivity (Wildman–Crippen MR) is 67.6 cm³/mol. The summed E-state index contributed by atoms with van der Waals surface area (Å²) in [5.74, 6) is 0.791. The molecule has 0 aromatic heterocycles. The van der Waals surface area contributed by atoms with Crippen molar-refractivity contribution in [2.24, 2.45) is 5.73 Å². The summed E-state index contributed by atoms with van der Waals surface area (Å²) in [6.07, 6.45) is -0.678. The topological polar surface area (TPSA) is 70.8 Å². The van der Waals surface area contributed by atoms with E-state index >= 15 is 0 Å². The number of rotatable bonds is 6. The first-order valence-corrected chi connectivity index (χ1v) is 5.82. The summed E-state index contributed by atoms with van der Waals surface area (Å²) in [4.78, 5) is 11.5. The quantitative estimate of drug-likeness (QED) is 0.778. The molecule has 0 bridgehead atoms. The van der Waals surface area contributed by atoms with E-state index in [1.54, 1.807) is 33.1 Å². The monoisotopic (exact) mass is 253 g/mol. The summed E-state index contributed by atoms with van der Waals surface area (Å²) >= 11 is 0. The number of benzene rings is 1. The molecule has 0 spiro atoms. The fourth-order valence-electron chi connectivity index (χ4n) is 1.44. The van der Waals surface area contributed by atoms with Crippen LogP contribution in [0.4, 0.5) is 0 Å². The van der Waals surface area contributed by atoms with Crippen molar-refractivity contribution in [3.63, 3.8) is 0 Å². The molecule has 1 rings (SSSR count). The summed E-state index contributed by atoms with van der Waals surface area (Å²) in [5.41, 5.74) is 6.43. The number of carbonyl (C=O) groups is 1. The van der Waals surface area contributed by atoms with Crippen LogP contribution < -0.4 is 15.2 Å². The highest BCUT2D eigenvalue weighted by Gasteiger charge is 2.17. The molecule has 1 unspecified atom stereocenters. The van der Waals surface area contributed by atoms with Gasteiger partial charge in [0.1, 0.15) is 11.5 Å². The lowest BCUT2D eigenvalue weighted by Crippen LogP contribution is -2.26. The third kappa shape index (κ3) is 3.63. The lowest BCUT2D eigenvalue weighted by molar-refractivity contribution is -0.150. The molecule has 0 fully saturated rings. The van der Waals surface area contributed by atoms with Crippen molar-refractivity contribution in [1.29, 1.82) is 0 Å². The zero-order valence-corrected chi connectivity index (χ0v) is 10.9. The molecule has 1 aromatic rings. The maximum Gasteiger partial charge on any atom is 0.347 e. The van der Waals surface area contributed by atoms with Gasteiger partial charge in [0, 0.05) is 18.2 Å². The van der Waals surface area contributed by atoms with E-state index < -0.39 is 12.1 Å².